The van der Waals surface area contributed by atoms with Gasteiger partial charge in [0.2, 0.25) is 6.79 Å². The van der Waals surface area contributed by atoms with Gasteiger partial charge in [-0.25, -0.2) is 0 Å². The second-order valence-electron chi connectivity index (χ2n) is 7.03. The summed E-state index contributed by atoms with van der Waals surface area (Å²) in [6, 6.07) is 19.5. The Bertz CT molecular complexity index is 1420. The first-order chi connectivity index (χ1) is 15.1. The Morgan fingerprint density at radius 2 is 1.81 bits per heavy atom. The minimum absolute atomic E-state index is 0.209. The number of ether oxygens (including phenoxy) is 2. The van der Waals surface area contributed by atoms with Gasteiger partial charge in [0.05, 0.1) is 16.6 Å². The number of H-pyrrole nitrogens is 1. The molecule has 0 atom stereocenters. The molecule has 4 aromatic rings. The average molecular weight is 431 g/mol. The molecule has 1 aliphatic heterocycles. The van der Waals surface area contributed by atoms with Crippen LogP contribution in [0.15, 0.2) is 71.5 Å². The Labute approximate surface area is 181 Å². The zero-order chi connectivity index (χ0) is 21.4. The summed E-state index contributed by atoms with van der Waals surface area (Å²) in [6.07, 6.45) is 0. The van der Waals surface area contributed by atoms with Crippen molar-refractivity contribution in [3.63, 3.8) is 0 Å². The van der Waals surface area contributed by atoms with Crippen LogP contribution in [0.25, 0.3) is 16.6 Å². The third-order valence-electron chi connectivity index (χ3n) is 5.08. The number of aromatic amines is 1. The predicted molar refractivity (Wildman–Crippen MR) is 118 cm³/mol. The molecule has 8 heteroatoms. The first-order valence-electron chi connectivity index (χ1n) is 9.61. The fraction of sp³-hybridized carbons (Fsp3) is 0.0870. The molecule has 1 aromatic heterocycles. The summed E-state index contributed by atoms with van der Waals surface area (Å²) in [5.74, 6) is 1.15. The number of para-hydroxylation sites is 1. The molecule has 1 aliphatic rings. The van der Waals surface area contributed by atoms with Crippen LogP contribution >= 0.6 is 12.2 Å². The molecule has 2 heterocycles. The number of fused-ring (bicyclic) bond motifs is 2. The van der Waals surface area contributed by atoms with Gasteiger partial charge in [0.1, 0.15) is 0 Å². The van der Waals surface area contributed by atoms with Crippen LogP contribution in [0.1, 0.15) is 15.9 Å². The third kappa shape index (κ3) is 3.57. The largest absolute Gasteiger partial charge is 0.454 e. The average Bonchev–Trinajstić information content (AvgIpc) is 3.26. The molecule has 0 saturated carbocycles. The first-order valence-corrected chi connectivity index (χ1v) is 10.0. The molecule has 0 saturated heterocycles. The lowest BCUT2D eigenvalue weighted by Gasteiger charge is -2.10. The maximum Gasteiger partial charge on any atom is 0.266 e. The number of carbonyl (C=O) groups is 1. The number of aromatic nitrogens is 2. The molecule has 154 valence electrons. The molecular formula is C23H17N3O4S. The van der Waals surface area contributed by atoms with E-state index in [-0.39, 0.29) is 18.3 Å². The van der Waals surface area contributed by atoms with Crippen LogP contribution in [0.4, 0.5) is 0 Å². The second kappa shape index (κ2) is 7.73. The van der Waals surface area contributed by atoms with Crippen molar-refractivity contribution in [2.75, 3.05) is 6.79 Å². The number of nitrogens with zero attached hydrogens (tertiary/aromatic N) is 1. The molecule has 3 aromatic carbocycles. The molecule has 0 bridgehead atoms. The van der Waals surface area contributed by atoms with E-state index in [4.69, 9.17) is 21.7 Å². The van der Waals surface area contributed by atoms with E-state index in [1.807, 2.05) is 30.3 Å². The standard InChI is InChI=1S/C23H17N3O4S/c27-21(24-12-14-5-10-19-20(11-14)30-13-29-19)15-6-8-16(9-7-15)26-22(28)17-3-1-2-4-18(17)25-23(26)31/h1-11H,12-13H2,(H,24,27)(H,25,31). The number of hydrogen-bond acceptors (Lipinski definition) is 5. The highest BCUT2D eigenvalue weighted by molar-refractivity contribution is 7.71. The highest BCUT2D eigenvalue weighted by atomic mass is 32.1. The van der Waals surface area contributed by atoms with Crippen LogP contribution in [-0.2, 0) is 6.54 Å². The maximum atomic E-state index is 12.9. The number of hydrogen-bond donors (Lipinski definition) is 2. The Balaban J connectivity index is 1.35. The Morgan fingerprint density at radius 1 is 1.03 bits per heavy atom. The summed E-state index contributed by atoms with van der Waals surface area (Å²) in [6.45, 7) is 0.564. The Morgan fingerprint density at radius 3 is 2.65 bits per heavy atom. The van der Waals surface area contributed by atoms with Gasteiger partial charge in [-0.3, -0.25) is 14.2 Å². The molecule has 31 heavy (non-hydrogen) atoms. The van der Waals surface area contributed by atoms with E-state index in [1.165, 1.54) is 4.57 Å². The van der Waals surface area contributed by atoms with Crippen molar-refractivity contribution < 1.29 is 14.3 Å². The zero-order valence-electron chi connectivity index (χ0n) is 16.3. The minimum atomic E-state index is -0.222. The molecule has 2 N–H and O–H groups in total. The molecule has 7 nitrogen and oxygen atoms in total. The maximum absolute atomic E-state index is 12.9. The summed E-state index contributed by atoms with van der Waals surface area (Å²) in [4.78, 5) is 28.5. The van der Waals surface area contributed by atoms with Crippen LogP contribution in [0, 0.1) is 4.77 Å². The van der Waals surface area contributed by atoms with E-state index in [0.717, 1.165) is 5.56 Å². The molecule has 1 amide bonds. The fourth-order valence-electron chi connectivity index (χ4n) is 3.49. The monoisotopic (exact) mass is 431 g/mol. The van der Waals surface area contributed by atoms with E-state index >= 15 is 0 Å². The van der Waals surface area contributed by atoms with Gasteiger partial charge in [-0.15, -0.1) is 0 Å². The van der Waals surface area contributed by atoms with E-state index < -0.39 is 0 Å². The molecule has 0 radical (unpaired) electrons. The van der Waals surface area contributed by atoms with Crippen LogP contribution in [-0.4, -0.2) is 22.3 Å². The zero-order valence-corrected chi connectivity index (χ0v) is 17.1. The number of benzene rings is 3. The lowest BCUT2D eigenvalue weighted by molar-refractivity contribution is 0.0951. The van der Waals surface area contributed by atoms with Gasteiger partial charge >= 0.3 is 0 Å². The van der Waals surface area contributed by atoms with Gasteiger partial charge in [0, 0.05) is 12.1 Å². The molecule has 0 fully saturated rings. The lowest BCUT2D eigenvalue weighted by Crippen LogP contribution is -2.23. The predicted octanol–water partition coefficient (Wildman–Crippen LogP) is 3.71. The van der Waals surface area contributed by atoms with Crippen molar-refractivity contribution in [2.45, 2.75) is 6.54 Å². The topological polar surface area (TPSA) is 85.3 Å². The van der Waals surface area contributed by atoms with Crippen molar-refractivity contribution in [3.05, 3.63) is 93.0 Å². The van der Waals surface area contributed by atoms with Crippen LogP contribution in [0.3, 0.4) is 0 Å². The molecule has 0 spiro atoms. The van der Waals surface area contributed by atoms with E-state index in [9.17, 15) is 9.59 Å². The van der Waals surface area contributed by atoms with Crippen molar-refractivity contribution in [2.24, 2.45) is 0 Å². The van der Waals surface area contributed by atoms with E-state index in [2.05, 4.69) is 10.3 Å². The van der Waals surface area contributed by atoms with Gasteiger partial charge in [0.25, 0.3) is 11.5 Å². The van der Waals surface area contributed by atoms with Gasteiger partial charge in [-0.2, -0.15) is 0 Å². The first kappa shape index (κ1) is 19.1. The smallest absolute Gasteiger partial charge is 0.266 e. The normalized spacial score (nSPS) is 12.1. The lowest BCUT2D eigenvalue weighted by atomic mass is 10.1. The van der Waals surface area contributed by atoms with Crippen molar-refractivity contribution in [1.82, 2.24) is 14.9 Å². The second-order valence-corrected chi connectivity index (χ2v) is 7.42. The number of carbonyl (C=O) groups excluding carboxylic acids is 1. The van der Waals surface area contributed by atoms with Crippen molar-refractivity contribution in [3.8, 4) is 17.2 Å². The van der Waals surface area contributed by atoms with Crippen LogP contribution in [0.2, 0.25) is 0 Å². The number of nitrogens with one attached hydrogen (secondary N) is 2. The van der Waals surface area contributed by atoms with E-state index in [1.54, 1.807) is 36.4 Å². The number of amides is 1. The fourth-order valence-corrected chi connectivity index (χ4v) is 3.79. The third-order valence-corrected chi connectivity index (χ3v) is 5.37. The molecule has 0 unspecified atom stereocenters. The van der Waals surface area contributed by atoms with Crippen molar-refractivity contribution in [1.29, 1.82) is 0 Å². The van der Waals surface area contributed by atoms with Crippen LogP contribution in [0.5, 0.6) is 11.5 Å². The molecule has 5 rings (SSSR count). The Kier molecular flexibility index (Phi) is 4.76. The summed E-state index contributed by atoms with van der Waals surface area (Å²) in [7, 11) is 0. The summed E-state index contributed by atoms with van der Waals surface area (Å²) in [5.41, 5.74) is 2.45. The minimum Gasteiger partial charge on any atom is -0.454 e. The summed E-state index contributed by atoms with van der Waals surface area (Å²) in [5, 5.41) is 3.43. The van der Waals surface area contributed by atoms with Crippen molar-refractivity contribution >= 4 is 29.0 Å². The Hall–Kier alpha value is -3.91. The summed E-state index contributed by atoms with van der Waals surface area (Å²) < 4.78 is 12.4. The molecular weight excluding hydrogens is 414 g/mol. The highest BCUT2D eigenvalue weighted by Crippen LogP contribution is 2.32. The SMILES string of the molecule is O=C(NCc1ccc2c(c1)OCO2)c1ccc(-n2c(=S)[nH]c3ccccc3c2=O)cc1. The molecule has 0 aliphatic carbocycles. The van der Waals surface area contributed by atoms with Gasteiger partial charge in [-0.1, -0.05) is 18.2 Å². The highest BCUT2D eigenvalue weighted by Gasteiger charge is 2.14. The van der Waals surface area contributed by atoms with Crippen LogP contribution < -0.4 is 20.3 Å². The number of rotatable bonds is 4. The van der Waals surface area contributed by atoms with Gasteiger partial charge < -0.3 is 19.8 Å². The van der Waals surface area contributed by atoms with Gasteiger partial charge in [0.15, 0.2) is 16.3 Å². The summed E-state index contributed by atoms with van der Waals surface area (Å²) >= 11 is 5.37. The quantitative estimate of drug-likeness (QED) is 0.481. The van der Waals surface area contributed by atoms with Gasteiger partial charge in [-0.05, 0) is 66.3 Å². The van der Waals surface area contributed by atoms with E-state index in [0.29, 0.717) is 45.0 Å².